The van der Waals surface area contributed by atoms with Crippen molar-refractivity contribution in [3.05, 3.63) is 0 Å². The minimum Gasteiger partial charge on any atom is -0.469 e. The molecule has 1 fully saturated rings. The highest BCUT2D eigenvalue weighted by atomic mass is 16.8. The van der Waals surface area contributed by atoms with Gasteiger partial charge in [0, 0.05) is 5.92 Å². The zero-order valence-electron chi connectivity index (χ0n) is 9.05. The fourth-order valence-corrected chi connectivity index (χ4v) is 1.98. The van der Waals surface area contributed by atoms with Gasteiger partial charge in [0.2, 0.25) is 0 Å². The number of carbonyl (C=O) groups is 2. The molecule has 1 rings (SSSR count). The van der Waals surface area contributed by atoms with Gasteiger partial charge in [-0.15, -0.1) is 0 Å². The molecule has 2 unspecified atom stereocenters. The molecule has 92 valence electrons. The van der Waals surface area contributed by atoms with Gasteiger partial charge in [-0.2, -0.15) is 0 Å². The van der Waals surface area contributed by atoms with Gasteiger partial charge in [0.25, 0.3) is 6.29 Å². The number of hydrogen-bond acceptors (Lipinski definition) is 7. The fourth-order valence-electron chi connectivity index (χ4n) is 1.98. The van der Waals surface area contributed by atoms with Crippen molar-refractivity contribution in [1.29, 1.82) is 0 Å². The largest absolute Gasteiger partial charge is 0.469 e. The maximum atomic E-state index is 11.7. The summed E-state index contributed by atoms with van der Waals surface area (Å²) >= 11 is 0. The van der Waals surface area contributed by atoms with Crippen molar-refractivity contribution in [1.82, 2.24) is 0 Å². The number of rotatable bonds is 5. The summed E-state index contributed by atoms with van der Waals surface area (Å²) in [6, 6.07) is 0. The van der Waals surface area contributed by atoms with Gasteiger partial charge in [0.1, 0.15) is 0 Å². The second-order valence-corrected chi connectivity index (χ2v) is 3.74. The van der Waals surface area contributed by atoms with E-state index in [4.69, 9.17) is 11.8 Å². The van der Waals surface area contributed by atoms with Gasteiger partial charge >= 0.3 is 5.97 Å². The molecule has 4 N–H and O–H groups in total. The van der Waals surface area contributed by atoms with Crippen molar-refractivity contribution < 1.29 is 24.0 Å². The van der Waals surface area contributed by atoms with Gasteiger partial charge in [-0.1, -0.05) is 0 Å². The third-order valence-electron chi connectivity index (χ3n) is 2.85. The lowest BCUT2D eigenvalue weighted by Crippen LogP contribution is -2.36. The Balaban J connectivity index is 2.52. The Morgan fingerprint density at radius 1 is 1.19 bits per heavy atom. The quantitative estimate of drug-likeness (QED) is 0.364. The summed E-state index contributed by atoms with van der Waals surface area (Å²) in [5, 5.41) is 0. The number of nitrogens with two attached hydrogens (primary N) is 2. The lowest BCUT2D eigenvalue weighted by molar-refractivity contribution is -0.176. The average molecular weight is 232 g/mol. The van der Waals surface area contributed by atoms with Crippen LogP contribution in [0.5, 0.6) is 0 Å². The molecule has 1 aliphatic carbocycles. The molecular formula is C9H16N2O5. The minimum atomic E-state index is -1.26. The number of hydrogen-bond donors (Lipinski definition) is 2. The molecule has 0 amide bonds. The predicted octanol–water partition coefficient (Wildman–Crippen LogP) is -0.748. The van der Waals surface area contributed by atoms with Gasteiger partial charge in [-0.25, -0.2) is 11.8 Å². The van der Waals surface area contributed by atoms with E-state index in [0.29, 0.717) is 19.3 Å². The summed E-state index contributed by atoms with van der Waals surface area (Å²) in [4.78, 5) is 31.5. The van der Waals surface area contributed by atoms with E-state index in [1.54, 1.807) is 0 Å². The van der Waals surface area contributed by atoms with E-state index in [-0.39, 0.29) is 23.6 Å². The second-order valence-electron chi connectivity index (χ2n) is 3.74. The van der Waals surface area contributed by atoms with Crippen molar-refractivity contribution in [2.45, 2.75) is 25.6 Å². The van der Waals surface area contributed by atoms with Gasteiger partial charge in [0.05, 0.1) is 13.0 Å². The van der Waals surface area contributed by atoms with Gasteiger partial charge < -0.3 is 4.74 Å². The van der Waals surface area contributed by atoms with Crippen LogP contribution >= 0.6 is 0 Å². The molecule has 0 saturated heterocycles. The van der Waals surface area contributed by atoms with E-state index >= 15 is 0 Å². The standard InChI is InChI=1S/C9H16N2O5/c1-14-8(13)6-3-2-5(4-6)7(12)9(15-10)16-11/h5-6,9H,2-4,10-11H2,1H3. The minimum absolute atomic E-state index is 0.241. The first kappa shape index (κ1) is 13.0. The molecule has 7 heteroatoms. The molecule has 0 radical (unpaired) electrons. The molecule has 7 nitrogen and oxygen atoms in total. The maximum absolute atomic E-state index is 11.7. The molecule has 1 saturated carbocycles. The van der Waals surface area contributed by atoms with Crippen molar-refractivity contribution in [3.8, 4) is 0 Å². The van der Waals surface area contributed by atoms with Crippen LogP contribution in [0.2, 0.25) is 0 Å². The molecule has 0 spiro atoms. The third-order valence-corrected chi connectivity index (χ3v) is 2.85. The van der Waals surface area contributed by atoms with Crippen LogP contribution in [0.3, 0.4) is 0 Å². The molecule has 0 heterocycles. The average Bonchev–Trinajstić information content (AvgIpc) is 2.78. The number of carbonyl (C=O) groups excluding carboxylic acids is 2. The summed E-state index contributed by atoms with van der Waals surface area (Å²) < 4.78 is 4.61. The van der Waals surface area contributed by atoms with Crippen molar-refractivity contribution in [2.75, 3.05) is 7.11 Å². The predicted molar refractivity (Wildman–Crippen MR) is 52.2 cm³/mol. The smallest absolute Gasteiger partial charge is 0.308 e. The Morgan fingerprint density at radius 3 is 2.25 bits per heavy atom. The van der Waals surface area contributed by atoms with Gasteiger partial charge in [0.15, 0.2) is 5.78 Å². The molecule has 0 aromatic carbocycles. The monoisotopic (exact) mass is 232 g/mol. The van der Waals surface area contributed by atoms with Gasteiger partial charge in [-0.05, 0) is 19.3 Å². The summed E-state index contributed by atoms with van der Waals surface area (Å²) in [5.74, 6) is 8.52. The number of methoxy groups -OCH3 is 1. The summed E-state index contributed by atoms with van der Waals surface area (Å²) in [5.41, 5.74) is 0. The number of ketones is 1. The first-order valence-electron chi connectivity index (χ1n) is 4.96. The molecule has 0 aromatic heterocycles. The molecular weight excluding hydrogens is 216 g/mol. The van der Waals surface area contributed by atoms with E-state index < -0.39 is 6.29 Å². The zero-order valence-corrected chi connectivity index (χ0v) is 9.05. The van der Waals surface area contributed by atoms with E-state index in [2.05, 4.69) is 14.4 Å². The molecule has 0 aliphatic heterocycles. The molecule has 16 heavy (non-hydrogen) atoms. The van der Waals surface area contributed by atoms with Crippen LogP contribution in [0.15, 0.2) is 0 Å². The lowest BCUT2D eigenvalue weighted by Gasteiger charge is -2.14. The van der Waals surface area contributed by atoms with E-state index in [0.717, 1.165) is 0 Å². The summed E-state index contributed by atoms with van der Waals surface area (Å²) in [7, 11) is 1.33. The normalized spacial score (nSPS) is 24.8. The van der Waals surface area contributed by atoms with E-state index in [1.165, 1.54) is 7.11 Å². The van der Waals surface area contributed by atoms with Crippen LogP contribution in [0.25, 0.3) is 0 Å². The highest BCUT2D eigenvalue weighted by molar-refractivity contribution is 5.85. The second kappa shape index (κ2) is 5.90. The highest BCUT2D eigenvalue weighted by Crippen LogP contribution is 2.33. The molecule has 0 bridgehead atoms. The molecule has 2 atom stereocenters. The zero-order chi connectivity index (χ0) is 12.1. The fraction of sp³-hybridized carbons (Fsp3) is 0.778. The van der Waals surface area contributed by atoms with Crippen molar-refractivity contribution in [3.63, 3.8) is 0 Å². The Kier molecular flexibility index (Phi) is 4.81. The van der Waals surface area contributed by atoms with E-state index in [1.807, 2.05) is 0 Å². The van der Waals surface area contributed by atoms with Crippen LogP contribution in [0.4, 0.5) is 0 Å². The van der Waals surface area contributed by atoms with Crippen LogP contribution in [0, 0.1) is 11.8 Å². The first-order valence-corrected chi connectivity index (χ1v) is 4.96. The Labute approximate surface area is 92.9 Å². The summed E-state index contributed by atoms with van der Waals surface area (Å²) in [6.45, 7) is 0. The Bertz CT molecular complexity index is 267. The number of esters is 1. The first-order chi connectivity index (χ1) is 7.63. The lowest BCUT2D eigenvalue weighted by atomic mass is 10.0. The van der Waals surface area contributed by atoms with Crippen LogP contribution in [0.1, 0.15) is 19.3 Å². The van der Waals surface area contributed by atoms with Crippen molar-refractivity contribution >= 4 is 11.8 Å². The molecule has 1 aliphatic rings. The third kappa shape index (κ3) is 2.76. The van der Waals surface area contributed by atoms with Gasteiger partial charge in [-0.3, -0.25) is 19.3 Å². The topological polar surface area (TPSA) is 114 Å². The number of Topliss-reactive ketones (excluding diaryl/α,β-unsaturated/α-hetero) is 1. The van der Waals surface area contributed by atoms with Crippen molar-refractivity contribution in [2.24, 2.45) is 23.6 Å². The SMILES string of the molecule is COC(=O)C1CCC(C(=O)C(ON)ON)C1. The molecule has 0 aromatic rings. The number of ether oxygens (including phenoxy) is 1. The maximum Gasteiger partial charge on any atom is 0.308 e. The van der Waals surface area contributed by atoms with Crippen LogP contribution < -0.4 is 11.8 Å². The Morgan fingerprint density at radius 2 is 1.75 bits per heavy atom. The van der Waals surface area contributed by atoms with Crippen LogP contribution in [-0.4, -0.2) is 25.2 Å². The Hall–Kier alpha value is -1.02. The van der Waals surface area contributed by atoms with E-state index in [9.17, 15) is 9.59 Å². The summed E-state index contributed by atoms with van der Waals surface area (Å²) in [6.07, 6.45) is 0.364. The highest BCUT2D eigenvalue weighted by Gasteiger charge is 2.37. The van der Waals surface area contributed by atoms with Crippen LogP contribution in [-0.2, 0) is 24.0 Å².